The monoisotopic (exact) mass is 343 g/mol. The predicted molar refractivity (Wildman–Crippen MR) is 67.7 cm³/mol. The summed E-state index contributed by atoms with van der Waals surface area (Å²) in [6.07, 6.45) is -6.00. The summed E-state index contributed by atoms with van der Waals surface area (Å²) >= 11 is 0. The summed E-state index contributed by atoms with van der Waals surface area (Å²) in [4.78, 5) is 39.9. The Kier molecular flexibility index (Phi) is 5.68. The maximum atomic E-state index is 11.2. The van der Waals surface area contributed by atoms with Gasteiger partial charge in [-0.05, 0) is 6.92 Å². The maximum absolute atomic E-state index is 11.2. The standard InChI is InChI=1S/C10H18NO10P/c1-4-7(19-5(2)12)8(20-6(3)13)10(11,14)9(18-4)21-22(15,16)17/h4,7-9,14H,11H2,1-3H3,(H2,15,16,17)/t4-,7+,8+,9+,10-/m0/s1. The Hall–Kier alpha value is -1.07. The van der Waals surface area contributed by atoms with Crippen molar-refractivity contribution in [2.24, 2.45) is 5.73 Å². The van der Waals surface area contributed by atoms with Gasteiger partial charge in [0.2, 0.25) is 12.0 Å². The van der Waals surface area contributed by atoms with E-state index in [2.05, 4.69) is 4.52 Å². The van der Waals surface area contributed by atoms with Crippen LogP contribution < -0.4 is 5.73 Å². The molecular weight excluding hydrogens is 325 g/mol. The SMILES string of the molecule is CC(=O)O[C@@H]1[C@H](C)O[C@H](OP(=O)(O)O)[C@@](N)(O)[C@@H]1OC(C)=O. The Morgan fingerprint density at radius 2 is 1.73 bits per heavy atom. The van der Waals surface area contributed by atoms with E-state index in [-0.39, 0.29) is 0 Å². The van der Waals surface area contributed by atoms with Crippen LogP contribution in [0.25, 0.3) is 0 Å². The third kappa shape index (κ3) is 4.71. The molecule has 0 bridgehead atoms. The van der Waals surface area contributed by atoms with E-state index in [1.807, 2.05) is 0 Å². The second-order valence-corrected chi connectivity index (χ2v) is 5.95. The van der Waals surface area contributed by atoms with Crippen LogP contribution >= 0.6 is 7.82 Å². The predicted octanol–water partition coefficient (Wildman–Crippen LogP) is -1.65. The lowest BCUT2D eigenvalue weighted by molar-refractivity contribution is -0.318. The normalized spacial score (nSPS) is 35.8. The molecule has 22 heavy (non-hydrogen) atoms. The summed E-state index contributed by atoms with van der Waals surface area (Å²) in [5, 5.41) is 10.2. The molecule has 128 valence electrons. The van der Waals surface area contributed by atoms with Crippen molar-refractivity contribution in [3.63, 3.8) is 0 Å². The lowest BCUT2D eigenvalue weighted by Crippen LogP contribution is -2.72. The molecule has 0 amide bonds. The van der Waals surface area contributed by atoms with E-state index in [0.717, 1.165) is 13.8 Å². The van der Waals surface area contributed by atoms with Gasteiger partial charge >= 0.3 is 19.8 Å². The largest absolute Gasteiger partial charge is 0.472 e. The van der Waals surface area contributed by atoms with Crippen molar-refractivity contribution in [1.82, 2.24) is 0 Å². The number of rotatable bonds is 4. The van der Waals surface area contributed by atoms with Gasteiger partial charge in [0, 0.05) is 13.8 Å². The number of carbonyl (C=O) groups excluding carboxylic acids is 2. The molecule has 5 atom stereocenters. The van der Waals surface area contributed by atoms with Crippen molar-refractivity contribution in [3.05, 3.63) is 0 Å². The van der Waals surface area contributed by atoms with Crippen molar-refractivity contribution >= 4 is 19.8 Å². The van der Waals surface area contributed by atoms with Crippen LogP contribution in [-0.4, -0.2) is 57.2 Å². The van der Waals surface area contributed by atoms with Gasteiger partial charge in [0.25, 0.3) is 0 Å². The smallest absolute Gasteiger partial charge is 0.456 e. The van der Waals surface area contributed by atoms with Gasteiger partial charge in [-0.1, -0.05) is 0 Å². The van der Waals surface area contributed by atoms with Gasteiger partial charge in [-0.15, -0.1) is 0 Å². The second kappa shape index (κ2) is 6.59. The summed E-state index contributed by atoms with van der Waals surface area (Å²) in [5.41, 5.74) is 2.88. The Morgan fingerprint density at radius 1 is 1.23 bits per heavy atom. The van der Waals surface area contributed by atoms with Crippen LogP contribution in [0.5, 0.6) is 0 Å². The molecular formula is C10H18NO10P. The van der Waals surface area contributed by atoms with Gasteiger partial charge in [-0.3, -0.25) is 19.8 Å². The average molecular weight is 343 g/mol. The fourth-order valence-corrected chi connectivity index (χ4v) is 2.42. The molecule has 0 unspecified atom stereocenters. The van der Waals surface area contributed by atoms with Gasteiger partial charge in [-0.2, -0.15) is 0 Å². The molecule has 0 spiro atoms. The van der Waals surface area contributed by atoms with E-state index in [1.54, 1.807) is 0 Å². The van der Waals surface area contributed by atoms with E-state index >= 15 is 0 Å². The zero-order chi connectivity index (χ0) is 17.3. The third-order valence-corrected chi connectivity index (χ3v) is 3.23. The zero-order valence-corrected chi connectivity index (χ0v) is 12.9. The number of ether oxygens (including phenoxy) is 3. The minimum Gasteiger partial charge on any atom is -0.456 e. The van der Waals surface area contributed by atoms with Gasteiger partial charge in [0.15, 0.2) is 12.2 Å². The molecule has 1 rings (SSSR count). The fourth-order valence-electron chi connectivity index (χ4n) is 1.95. The molecule has 1 heterocycles. The summed E-state index contributed by atoms with van der Waals surface area (Å²) < 4.78 is 30.0. The Morgan fingerprint density at radius 3 is 2.14 bits per heavy atom. The number of aliphatic hydroxyl groups is 1. The first kappa shape index (κ1) is 19.0. The lowest BCUT2D eigenvalue weighted by Gasteiger charge is -2.46. The van der Waals surface area contributed by atoms with Crippen molar-refractivity contribution in [2.45, 2.75) is 51.1 Å². The summed E-state index contributed by atoms with van der Waals surface area (Å²) in [5.74, 6) is -1.63. The zero-order valence-electron chi connectivity index (χ0n) is 12.0. The van der Waals surface area contributed by atoms with E-state index in [1.165, 1.54) is 6.92 Å². The van der Waals surface area contributed by atoms with Gasteiger partial charge in [-0.25, -0.2) is 4.57 Å². The van der Waals surface area contributed by atoms with Crippen molar-refractivity contribution in [3.8, 4) is 0 Å². The molecule has 1 aliphatic heterocycles. The number of hydrogen-bond acceptors (Lipinski definition) is 9. The molecule has 1 fully saturated rings. The van der Waals surface area contributed by atoms with Crippen LogP contribution in [-0.2, 0) is 32.9 Å². The van der Waals surface area contributed by atoms with E-state index in [9.17, 15) is 19.3 Å². The molecule has 0 aromatic heterocycles. The van der Waals surface area contributed by atoms with Crippen LogP contribution in [0.4, 0.5) is 0 Å². The molecule has 0 aliphatic carbocycles. The highest BCUT2D eigenvalue weighted by Crippen LogP contribution is 2.43. The van der Waals surface area contributed by atoms with Crippen LogP contribution in [0.3, 0.4) is 0 Å². The molecule has 1 saturated heterocycles. The number of esters is 2. The van der Waals surface area contributed by atoms with Crippen molar-refractivity contribution in [2.75, 3.05) is 0 Å². The minimum absolute atomic E-state index is 0.761. The van der Waals surface area contributed by atoms with Crippen LogP contribution in [0.15, 0.2) is 0 Å². The van der Waals surface area contributed by atoms with Crippen LogP contribution in [0.1, 0.15) is 20.8 Å². The van der Waals surface area contributed by atoms with Crippen molar-refractivity contribution < 1.29 is 47.8 Å². The quantitative estimate of drug-likeness (QED) is 0.261. The molecule has 0 saturated carbocycles. The number of carbonyl (C=O) groups is 2. The topological polar surface area (TPSA) is 175 Å². The molecule has 0 aromatic rings. The minimum atomic E-state index is -5.06. The molecule has 1 aliphatic rings. The molecule has 12 heteroatoms. The number of hydrogen-bond donors (Lipinski definition) is 4. The third-order valence-electron chi connectivity index (χ3n) is 2.76. The number of phosphoric ester groups is 1. The fraction of sp³-hybridized carbons (Fsp3) is 0.800. The summed E-state index contributed by atoms with van der Waals surface area (Å²) in [7, 11) is -5.06. The molecule has 11 nitrogen and oxygen atoms in total. The number of phosphoric acid groups is 1. The molecule has 0 radical (unpaired) electrons. The lowest BCUT2D eigenvalue weighted by atomic mass is 9.94. The first-order valence-electron chi connectivity index (χ1n) is 6.09. The number of nitrogens with two attached hydrogens (primary N) is 1. The van der Waals surface area contributed by atoms with Crippen LogP contribution in [0.2, 0.25) is 0 Å². The first-order valence-corrected chi connectivity index (χ1v) is 7.62. The van der Waals surface area contributed by atoms with Crippen molar-refractivity contribution in [1.29, 1.82) is 0 Å². The van der Waals surface area contributed by atoms with Crippen LogP contribution in [0, 0.1) is 0 Å². The molecule has 5 N–H and O–H groups in total. The maximum Gasteiger partial charge on any atom is 0.472 e. The Labute approximate surface area is 125 Å². The highest BCUT2D eigenvalue weighted by atomic mass is 31.2. The highest BCUT2D eigenvalue weighted by Gasteiger charge is 2.58. The second-order valence-electron chi connectivity index (χ2n) is 4.76. The summed E-state index contributed by atoms with van der Waals surface area (Å²) in [6, 6.07) is 0. The van der Waals surface area contributed by atoms with Gasteiger partial charge in [0.05, 0.1) is 6.10 Å². The van der Waals surface area contributed by atoms with Gasteiger partial charge < -0.3 is 29.1 Å². The molecule has 0 aromatic carbocycles. The van der Waals surface area contributed by atoms with E-state index in [4.69, 9.17) is 29.7 Å². The summed E-state index contributed by atoms with van der Waals surface area (Å²) in [6.45, 7) is 3.45. The Bertz CT molecular complexity index is 488. The Balaban J connectivity index is 3.14. The average Bonchev–Trinajstić information content (AvgIpc) is 2.28. The highest BCUT2D eigenvalue weighted by molar-refractivity contribution is 7.46. The van der Waals surface area contributed by atoms with Gasteiger partial charge in [0.1, 0.15) is 0 Å². The van der Waals surface area contributed by atoms with E-state index in [0.29, 0.717) is 0 Å². The van der Waals surface area contributed by atoms with E-state index < -0.39 is 50.1 Å². The first-order chi connectivity index (χ1) is 9.84.